The molecular formula is C34H37N3O12S2. The van der Waals surface area contributed by atoms with E-state index in [-0.39, 0.29) is 41.2 Å². The van der Waals surface area contributed by atoms with Crippen LogP contribution in [0.25, 0.3) is 0 Å². The van der Waals surface area contributed by atoms with Gasteiger partial charge >= 0.3 is 5.97 Å². The summed E-state index contributed by atoms with van der Waals surface area (Å²) in [6, 6.07) is 11.5. The molecule has 3 N–H and O–H groups in total. The van der Waals surface area contributed by atoms with E-state index in [1.54, 1.807) is 42.5 Å². The molecule has 3 heterocycles. The number of Topliss-reactive ketones (excluding diaryl/α,β-unsaturated/α-hetero) is 1. The highest BCUT2D eigenvalue weighted by molar-refractivity contribution is 8.28. The summed E-state index contributed by atoms with van der Waals surface area (Å²) in [5.41, 5.74) is 2.23. The Morgan fingerprint density at radius 2 is 1.67 bits per heavy atom. The van der Waals surface area contributed by atoms with Crippen molar-refractivity contribution in [1.82, 2.24) is 5.06 Å². The molecule has 1 saturated heterocycles. The number of ketones is 1. The summed E-state index contributed by atoms with van der Waals surface area (Å²) < 4.78 is 59.1. The Bertz CT molecular complexity index is 1990. The molecule has 272 valence electrons. The van der Waals surface area contributed by atoms with Crippen molar-refractivity contribution < 1.29 is 55.6 Å². The lowest BCUT2D eigenvalue weighted by Crippen LogP contribution is -2.35. The number of hydrogen-bond donors (Lipinski definition) is 3. The average molecular weight is 744 g/mol. The van der Waals surface area contributed by atoms with Gasteiger partial charge in [-0.05, 0) is 54.5 Å². The number of hydrogen-bond acceptors (Lipinski definition) is 12. The second-order valence-corrected chi connectivity index (χ2v) is 16.0. The first kappa shape index (κ1) is 37.6. The number of hydroxylamine groups is 2. The standard InChI is InChI=1S/C34H37N3O12S2/c1-34(2)24-19-22(35(3)31(40)20-48-21-32(41)49-37-29(38)15-16-30(37)39)13-14-25(24)36(17-8-18-50(43,44)45)28(34)12-7-6-11-27-33(42)23-9-4-5-10-26(23)51(27,46)47/h4-7,9-14,19,46-47H,8,15-18,20-21H2,1-3H3,(H,43,44,45). The van der Waals surface area contributed by atoms with Crippen LogP contribution in [0.5, 0.6) is 0 Å². The normalized spacial score (nSPS) is 20.0. The first-order valence-corrected chi connectivity index (χ1v) is 18.9. The monoisotopic (exact) mass is 743 g/mol. The van der Waals surface area contributed by atoms with Crippen LogP contribution in [-0.2, 0) is 44.3 Å². The molecule has 3 amide bonds. The maximum absolute atomic E-state index is 13.0. The Balaban J connectivity index is 1.33. The third kappa shape index (κ3) is 7.83. The molecule has 15 nitrogen and oxygen atoms in total. The van der Waals surface area contributed by atoms with Crippen molar-refractivity contribution in [2.24, 2.45) is 0 Å². The van der Waals surface area contributed by atoms with Gasteiger partial charge in [-0.1, -0.05) is 38.1 Å². The zero-order valence-electron chi connectivity index (χ0n) is 28.0. The minimum Gasteiger partial charge on any atom is -0.360 e. The lowest BCUT2D eigenvalue weighted by atomic mass is 9.83. The number of imide groups is 1. The van der Waals surface area contributed by atoms with Gasteiger partial charge in [0.1, 0.15) is 18.1 Å². The predicted molar refractivity (Wildman–Crippen MR) is 186 cm³/mol. The Morgan fingerprint density at radius 3 is 2.33 bits per heavy atom. The van der Waals surface area contributed by atoms with Crippen LogP contribution < -0.4 is 9.80 Å². The van der Waals surface area contributed by atoms with Gasteiger partial charge in [-0.25, -0.2) is 4.79 Å². The third-order valence-electron chi connectivity index (χ3n) is 8.65. The van der Waals surface area contributed by atoms with Gasteiger partial charge in [0, 0.05) is 54.5 Å². The molecule has 0 bridgehead atoms. The summed E-state index contributed by atoms with van der Waals surface area (Å²) in [4.78, 5) is 69.2. The molecule has 2 aromatic carbocycles. The first-order valence-electron chi connectivity index (χ1n) is 15.7. The predicted octanol–water partition coefficient (Wildman–Crippen LogP) is 3.98. The van der Waals surface area contributed by atoms with Gasteiger partial charge in [-0.3, -0.25) is 32.8 Å². The van der Waals surface area contributed by atoms with Crippen molar-refractivity contribution in [2.45, 2.75) is 43.4 Å². The van der Waals surface area contributed by atoms with E-state index in [2.05, 4.69) is 0 Å². The molecule has 1 fully saturated rings. The van der Waals surface area contributed by atoms with Crippen LogP contribution in [0.15, 0.2) is 82.3 Å². The van der Waals surface area contributed by atoms with E-state index in [0.717, 1.165) is 16.9 Å². The molecule has 3 aliphatic rings. The number of likely N-dealkylation sites (N-methyl/N-ethyl adjacent to an activating group) is 1. The van der Waals surface area contributed by atoms with Gasteiger partial charge in [0.05, 0.1) is 10.6 Å². The molecule has 0 spiro atoms. The second-order valence-electron chi connectivity index (χ2n) is 12.5. The van der Waals surface area contributed by atoms with Gasteiger partial charge in [0.2, 0.25) is 5.78 Å². The van der Waals surface area contributed by atoms with Crippen LogP contribution in [0.3, 0.4) is 0 Å². The number of benzene rings is 2. The molecule has 0 aromatic heterocycles. The Kier molecular flexibility index (Phi) is 10.7. The molecule has 3 aliphatic heterocycles. The van der Waals surface area contributed by atoms with Gasteiger partial charge in [-0.2, -0.15) is 8.42 Å². The van der Waals surface area contributed by atoms with Crippen molar-refractivity contribution in [2.75, 3.05) is 42.4 Å². The molecular weight excluding hydrogens is 707 g/mol. The Morgan fingerprint density at radius 1 is 1.00 bits per heavy atom. The summed E-state index contributed by atoms with van der Waals surface area (Å²) in [6.07, 6.45) is 6.24. The molecule has 17 heteroatoms. The third-order valence-corrected chi connectivity index (χ3v) is 11.4. The zero-order valence-corrected chi connectivity index (χ0v) is 29.6. The zero-order chi connectivity index (χ0) is 37.3. The van der Waals surface area contributed by atoms with Crippen LogP contribution in [0, 0.1) is 0 Å². The number of amides is 3. The van der Waals surface area contributed by atoms with Crippen LogP contribution in [0.4, 0.5) is 11.4 Å². The van der Waals surface area contributed by atoms with E-state index >= 15 is 0 Å². The minimum absolute atomic E-state index is 0.0588. The fourth-order valence-electron chi connectivity index (χ4n) is 6.01. The second kappa shape index (κ2) is 14.5. The number of allylic oxidation sites excluding steroid dienone is 6. The molecule has 2 aromatic rings. The van der Waals surface area contributed by atoms with E-state index in [1.165, 1.54) is 36.2 Å². The molecule has 0 saturated carbocycles. The summed E-state index contributed by atoms with van der Waals surface area (Å²) in [5.74, 6) is -3.75. The number of carbonyl (C=O) groups excluding carboxylic acids is 5. The largest absolute Gasteiger partial charge is 0.360 e. The van der Waals surface area contributed by atoms with Crippen LogP contribution >= 0.6 is 10.6 Å². The average Bonchev–Trinajstić information content (AvgIpc) is 3.57. The number of ether oxygens (including phenoxy) is 1. The van der Waals surface area contributed by atoms with Gasteiger partial charge in [-0.15, -0.1) is 15.7 Å². The van der Waals surface area contributed by atoms with Crippen LogP contribution in [0.1, 0.15) is 49.0 Å². The minimum atomic E-state index is -4.22. The molecule has 51 heavy (non-hydrogen) atoms. The van der Waals surface area contributed by atoms with Gasteiger partial charge in [0.15, 0.2) is 0 Å². The van der Waals surface area contributed by atoms with Gasteiger partial charge in [0.25, 0.3) is 27.8 Å². The highest BCUT2D eigenvalue weighted by Crippen LogP contribution is 2.62. The lowest BCUT2D eigenvalue weighted by molar-refractivity contribution is -0.200. The van der Waals surface area contributed by atoms with Crippen molar-refractivity contribution >= 4 is 61.6 Å². The summed E-state index contributed by atoms with van der Waals surface area (Å²) >= 11 is 0. The summed E-state index contributed by atoms with van der Waals surface area (Å²) in [5, 5.41) is 0.388. The number of rotatable bonds is 12. The summed E-state index contributed by atoms with van der Waals surface area (Å²) in [6.45, 7) is 2.87. The molecule has 0 atom stereocenters. The fourth-order valence-corrected chi connectivity index (χ4v) is 8.11. The number of carbonyl (C=O) groups is 5. The summed E-state index contributed by atoms with van der Waals surface area (Å²) in [7, 11) is -6.19. The molecule has 0 unspecified atom stereocenters. The van der Waals surface area contributed by atoms with E-state index < -0.39 is 74.6 Å². The SMILES string of the molecule is CN(C(=O)COCC(=O)ON1C(=O)CCC1=O)c1ccc2c(c1)C(C)(C)C(=CC=CC=C1C(=O)c3ccccc3S1(O)O)N2CCCS(=O)(=O)O. The van der Waals surface area contributed by atoms with Crippen molar-refractivity contribution in [1.29, 1.82) is 0 Å². The molecule has 0 aliphatic carbocycles. The van der Waals surface area contributed by atoms with Crippen molar-refractivity contribution in [3.8, 4) is 0 Å². The molecule has 0 radical (unpaired) electrons. The van der Waals surface area contributed by atoms with Crippen molar-refractivity contribution in [3.63, 3.8) is 0 Å². The number of nitrogens with zero attached hydrogens (tertiary/aromatic N) is 3. The van der Waals surface area contributed by atoms with E-state index in [9.17, 15) is 46.0 Å². The lowest BCUT2D eigenvalue weighted by Gasteiger charge is -2.28. The Labute approximate surface area is 295 Å². The number of fused-ring (bicyclic) bond motifs is 2. The molecule has 5 rings (SSSR count). The van der Waals surface area contributed by atoms with Gasteiger partial charge < -0.3 is 19.4 Å². The van der Waals surface area contributed by atoms with E-state index in [4.69, 9.17) is 9.57 Å². The highest BCUT2D eigenvalue weighted by atomic mass is 32.3. The maximum atomic E-state index is 13.0. The smallest absolute Gasteiger partial charge is 0.358 e. The topological polar surface area (TPSA) is 208 Å². The fraction of sp³-hybridized carbons (Fsp3) is 0.324. The quantitative estimate of drug-likeness (QED) is 0.160. The van der Waals surface area contributed by atoms with Crippen molar-refractivity contribution in [3.05, 3.63) is 88.5 Å². The van der Waals surface area contributed by atoms with Crippen LogP contribution in [-0.4, -0.2) is 89.2 Å². The maximum Gasteiger partial charge on any atom is 0.358 e. The first-order chi connectivity index (χ1) is 23.9. The van der Waals surface area contributed by atoms with E-state index in [0.29, 0.717) is 10.8 Å². The Hall–Kier alpha value is -4.65. The highest BCUT2D eigenvalue weighted by Gasteiger charge is 2.41. The van der Waals surface area contributed by atoms with E-state index in [1.807, 2.05) is 18.7 Å². The number of anilines is 2. The van der Waals surface area contributed by atoms with Crippen LogP contribution in [0.2, 0.25) is 0 Å².